The van der Waals surface area contributed by atoms with Gasteiger partial charge in [-0.15, -0.1) is 0 Å². The highest BCUT2D eigenvalue weighted by atomic mass is 16.5. The quantitative estimate of drug-likeness (QED) is 0.793. The van der Waals surface area contributed by atoms with E-state index in [0.29, 0.717) is 12.2 Å². The minimum atomic E-state index is -0.274. The molecule has 0 fully saturated rings. The number of benzene rings is 1. The molecular weight excluding hydrogens is 262 g/mol. The second-order valence-electron chi connectivity index (χ2n) is 5.24. The first-order valence-corrected chi connectivity index (χ1v) is 7.61. The van der Waals surface area contributed by atoms with E-state index in [4.69, 9.17) is 4.74 Å². The molecule has 0 saturated heterocycles. The average molecular weight is 285 g/mol. The summed E-state index contributed by atoms with van der Waals surface area (Å²) in [6, 6.07) is 8.26. The van der Waals surface area contributed by atoms with Crippen LogP contribution >= 0.6 is 0 Å². The molecule has 0 unspecified atom stereocenters. The largest absolute Gasteiger partial charge is 0.462 e. The lowest BCUT2D eigenvalue weighted by molar-refractivity contribution is 0.0526. The van der Waals surface area contributed by atoms with Gasteiger partial charge in [-0.05, 0) is 43.9 Å². The first kappa shape index (κ1) is 15.4. The molecule has 2 rings (SSSR count). The van der Waals surface area contributed by atoms with Gasteiger partial charge in [-0.3, -0.25) is 0 Å². The van der Waals surface area contributed by atoms with Crippen LogP contribution in [-0.2, 0) is 11.2 Å². The molecule has 3 nitrogen and oxygen atoms in total. The van der Waals surface area contributed by atoms with Crippen LogP contribution in [0.1, 0.15) is 48.2 Å². The van der Waals surface area contributed by atoms with Gasteiger partial charge in [-0.25, -0.2) is 4.79 Å². The van der Waals surface area contributed by atoms with Crippen molar-refractivity contribution in [2.75, 3.05) is 6.61 Å². The van der Waals surface area contributed by atoms with Gasteiger partial charge in [-0.1, -0.05) is 31.5 Å². The summed E-state index contributed by atoms with van der Waals surface area (Å²) in [5.74, 6) is -0.274. The third-order valence-corrected chi connectivity index (χ3v) is 3.62. The van der Waals surface area contributed by atoms with Crippen molar-refractivity contribution in [1.82, 2.24) is 4.98 Å². The fourth-order valence-electron chi connectivity index (χ4n) is 2.56. The smallest absolute Gasteiger partial charge is 0.339 e. The highest BCUT2D eigenvalue weighted by Crippen LogP contribution is 2.28. The van der Waals surface area contributed by atoms with Crippen molar-refractivity contribution in [2.24, 2.45) is 0 Å². The molecule has 1 aromatic heterocycles. The molecule has 1 N–H and O–H groups in total. The Morgan fingerprint density at radius 1 is 1.29 bits per heavy atom. The van der Waals surface area contributed by atoms with Crippen molar-refractivity contribution >= 4 is 5.97 Å². The molecule has 21 heavy (non-hydrogen) atoms. The van der Waals surface area contributed by atoms with Crippen molar-refractivity contribution < 1.29 is 9.53 Å². The molecule has 1 aromatic carbocycles. The fourth-order valence-corrected chi connectivity index (χ4v) is 2.56. The number of unbranched alkanes of at least 4 members (excludes halogenated alkanes) is 1. The van der Waals surface area contributed by atoms with Crippen molar-refractivity contribution in [3.05, 3.63) is 47.2 Å². The summed E-state index contributed by atoms with van der Waals surface area (Å²) < 4.78 is 5.04. The topological polar surface area (TPSA) is 42.1 Å². The maximum Gasteiger partial charge on any atom is 0.339 e. The first-order chi connectivity index (χ1) is 10.2. The predicted molar refractivity (Wildman–Crippen MR) is 85.5 cm³/mol. The number of rotatable bonds is 6. The van der Waals surface area contributed by atoms with E-state index in [1.807, 2.05) is 13.0 Å². The van der Waals surface area contributed by atoms with Gasteiger partial charge in [-0.2, -0.15) is 0 Å². The van der Waals surface area contributed by atoms with Crippen molar-refractivity contribution in [2.45, 2.75) is 40.0 Å². The molecule has 112 valence electrons. The fraction of sp³-hybridized carbons (Fsp3) is 0.389. The number of aromatic amines is 1. The van der Waals surface area contributed by atoms with Crippen LogP contribution in [0.5, 0.6) is 0 Å². The summed E-state index contributed by atoms with van der Waals surface area (Å²) in [6.45, 7) is 6.51. The minimum Gasteiger partial charge on any atom is -0.462 e. The highest BCUT2D eigenvalue weighted by molar-refractivity contribution is 5.91. The summed E-state index contributed by atoms with van der Waals surface area (Å²) in [7, 11) is 0. The number of carbonyl (C=O) groups is 1. The van der Waals surface area contributed by atoms with Gasteiger partial charge in [0.25, 0.3) is 0 Å². The molecule has 0 amide bonds. The molecule has 2 aromatic rings. The van der Waals surface area contributed by atoms with Crippen LogP contribution in [0, 0.1) is 6.92 Å². The number of nitrogens with one attached hydrogen (secondary N) is 1. The lowest BCUT2D eigenvalue weighted by Crippen LogP contribution is -2.02. The van der Waals surface area contributed by atoms with Crippen molar-refractivity contribution in [3.63, 3.8) is 0 Å². The SMILES string of the molecule is CCCCc1cccc(C)c1-c1cc(C(=O)OCC)c[nH]1. The van der Waals surface area contributed by atoms with Crippen LogP contribution in [0.15, 0.2) is 30.5 Å². The normalized spacial score (nSPS) is 10.6. The number of carbonyl (C=O) groups excluding carboxylic acids is 1. The van der Waals surface area contributed by atoms with Crippen LogP contribution in [0.25, 0.3) is 11.3 Å². The number of aryl methyl sites for hydroxylation is 2. The molecule has 0 atom stereocenters. The third kappa shape index (κ3) is 3.54. The van der Waals surface area contributed by atoms with E-state index >= 15 is 0 Å². The summed E-state index contributed by atoms with van der Waals surface area (Å²) >= 11 is 0. The van der Waals surface area contributed by atoms with E-state index < -0.39 is 0 Å². The first-order valence-electron chi connectivity index (χ1n) is 7.61. The average Bonchev–Trinajstić information content (AvgIpc) is 2.95. The van der Waals surface area contributed by atoms with Gasteiger partial charge < -0.3 is 9.72 Å². The number of hydrogen-bond donors (Lipinski definition) is 1. The van der Waals surface area contributed by atoms with Gasteiger partial charge in [0.1, 0.15) is 0 Å². The Hall–Kier alpha value is -2.03. The molecule has 0 bridgehead atoms. The number of hydrogen-bond acceptors (Lipinski definition) is 2. The monoisotopic (exact) mass is 285 g/mol. The predicted octanol–water partition coefficient (Wildman–Crippen LogP) is 4.51. The molecule has 0 saturated carbocycles. The van der Waals surface area contributed by atoms with Crippen LogP contribution in [0.4, 0.5) is 0 Å². The molecular formula is C18H23NO2. The summed E-state index contributed by atoms with van der Waals surface area (Å²) in [4.78, 5) is 15.0. The second-order valence-corrected chi connectivity index (χ2v) is 5.24. The van der Waals surface area contributed by atoms with Crippen LogP contribution in [0.3, 0.4) is 0 Å². The lowest BCUT2D eigenvalue weighted by Gasteiger charge is -2.11. The Morgan fingerprint density at radius 3 is 2.81 bits per heavy atom. The van der Waals surface area contributed by atoms with E-state index in [-0.39, 0.29) is 5.97 Å². The highest BCUT2D eigenvalue weighted by Gasteiger charge is 2.13. The Morgan fingerprint density at radius 2 is 2.10 bits per heavy atom. The number of aromatic nitrogens is 1. The zero-order valence-corrected chi connectivity index (χ0v) is 13.0. The van der Waals surface area contributed by atoms with E-state index in [1.165, 1.54) is 29.5 Å². The maximum absolute atomic E-state index is 11.8. The molecule has 0 aliphatic rings. The van der Waals surface area contributed by atoms with Crippen molar-refractivity contribution in [1.29, 1.82) is 0 Å². The van der Waals surface area contributed by atoms with Gasteiger partial charge >= 0.3 is 5.97 Å². The van der Waals surface area contributed by atoms with E-state index in [2.05, 4.69) is 37.0 Å². The van der Waals surface area contributed by atoms with E-state index in [9.17, 15) is 4.79 Å². The summed E-state index contributed by atoms with van der Waals surface area (Å²) in [5.41, 5.74) is 5.33. The molecule has 0 radical (unpaired) electrons. The van der Waals surface area contributed by atoms with Gasteiger partial charge in [0.2, 0.25) is 0 Å². The van der Waals surface area contributed by atoms with E-state index in [1.54, 1.807) is 6.20 Å². The number of ether oxygens (including phenoxy) is 1. The lowest BCUT2D eigenvalue weighted by atomic mass is 9.95. The number of esters is 1. The Bertz CT molecular complexity index is 613. The Labute approximate surface area is 126 Å². The van der Waals surface area contributed by atoms with Crippen LogP contribution in [-0.4, -0.2) is 17.6 Å². The van der Waals surface area contributed by atoms with E-state index in [0.717, 1.165) is 12.1 Å². The standard InChI is InChI=1S/C18H23NO2/c1-4-6-9-14-10-7-8-13(3)17(14)16-11-15(12-19-16)18(20)21-5-2/h7-8,10-12,19H,4-6,9H2,1-3H3. The molecule has 1 heterocycles. The van der Waals surface area contributed by atoms with Gasteiger partial charge in [0, 0.05) is 17.5 Å². The molecule has 0 aliphatic heterocycles. The molecule has 0 spiro atoms. The Kier molecular flexibility index (Phi) is 5.20. The number of H-pyrrole nitrogens is 1. The summed E-state index contributed by atoms with van der Waals surface area (Å²) in [6.07, 6.45) is 5.12. The van der Waals surface area contributed by atoms with Crippen molar-refractivity contribution in [3.8, 4) is 11.3 Å². The molecule has 3 heteroatoms. The zero-order chi connectivity index (χ0) is 15.2. The van der Waals surface area contributed by atoms with Crippen LogP contribution in [0.2, 0.25) is 0 Å². The zero-order valence-electron chi connectivity index (χ0n) is 13.0. The molecule has 0 aliphatic carbocycles. The maximum atomic E-state index is 11.8. The van der Waals surface area contributed by atoms with Gasteiger partial charge in [0.05, 0.1) is 12.2 Å². The minimum absolute atomic E-state index is 0.274. The second kappa shape index (κ2) is 7.11. The van der Waals surface area contributed by atoms with Crippen LogP contribution < -0.4 is 0 Å². The third-order valence-electron chi connectivity index (χ3n) is 3.62. The Balaban J connectivity index is 2.35. The van der Waals surface area contributed by atoms with Gasteiger partial charge in [0.15, 0.2) is 0 Å². The summed E-state index contributed by atoms with van der Waals surface area (Å²) in [5, 5.41) is 0.